The zero-order valence-corrected chi connectivity index (χ0v) is 14.4. The van der Waals surface area contributed by atoms with Crippen LogP contribution in [0.3, 0.4) is 0 Å². The van der Waals surface area contributed by atoms with Crippen molar-refractivity contribution in [3.8, 4) is 0 Å². The summed E-state index contributed by atoms with van der Waals surface area (Å²) >= 11 is 0. The SMILES string of the molecule is Cc1ccc(Nc2cc(C(=O)N3CCN(C=O)CC3)ncn2)c(C)c1. The lowest BCUT2D eigenvalue weighted by molar-refractivity contribution is -0.119. The summed E-state index contributed by atoms with van der Waals surface area (Å²) in [6.07, 6.45) is 2.21. The van der Waals surface area contributed by atoms with E-state index in [2.05, 4.69) is 21.4 Å². The van der Waals surface area contributed by atoms with Crippen molar-refractivity contribution in [2.24, 2.45) is 0 Å². The molecule has 2 amide bonds. The molecule has 1 saturated heterocycles. The first-order valence-corrected chi connectivity index (χ1v) is 8.22. The molecular formula is C18H21N5O2. The van der Waals surface area contributed by atoms with E-state index < -0.39 is 0 Å². The number of aromatic nitrogens is 2. The van der Waals surface area contributed by atoms with Crippen molar-refractivity contribution in [3.05, 3.63) is 47.4 Å². The van der Waals surface area contributed by atoms with Gasteiger partial charge in [0.25, 0.3) is 5.91 Å². The summed E-state index contributed by atoms with van der Waals surface area (Å²) in [5.74, 6) is 0.438. The monoisotopic (exact) mass is 339 g/mol. The van der Waals surface area contributed by atoms with E-state index in [4.69, 9.17) is 0 Å². The summed E-state index contributed by atoms with van der Waals surface area (Å²) in [6, 6.07) is 7.76. The van der Waals surface area contributed by atoms with Gasteiger partial charge in [0.1, 0.15) is 17.8 Å². The predicted molar refractivity (Wildman–Crippen MR) is 94.8 cm³/mol. The van der Waals surface area contributed by atoms with Crippen molar-refractivity contribution in [3.63, 3.8) is 0 Å². The molecule has 1 aliphatic rings. The molecule has 1 aromatic carbocycles. The number of rotatable bonds is 4. The van der Waals surface area contributed by atoms with Gasteiger partial charge in [-0.05, 0) is 25.5 Å². The van der Waals surface area contributed by atoms with Gasteiger partial charge in [0.2, 0.25) is 6.41 Å². The van der Waals surface area contributed by atoms with E-state index in [0.29, 0.717) is 37.7 Å². The molecule has 0 atom stereocenters. The van der Waals surface area contributed by atoms with Crippen molar-refractivity contribution in [2.45, 2.75) is 13.8 Å². The van der Waals surface area contributed by atoms with Crippen molar-refractivity contribution in [2.75, 3.05) is 31.5 Å². The van der Waals surface area contributed by atoms with Crippen LogP contribution in [0.25, 0.3) is 0 Å². The highest BCUT2D eigenvalue weighted by Gasteiger charge is 2.22. The Bertz CT molecular complexity index is 785. The Morgan fingerprint density at radius 3 is 2.56 bits per heavy atom. The lowest BCUT2D eigenvalue weighted by Crippen LogP contribution is -2.48. The Morgan fingerprint density at radius 2 is 1.88 bits per heavy atom. The van der Waals surface area contributed by atoms with Crippen molar-refractivity contribution in [1.82, 2.24) is 19.8 Å². The van der Waals surface area contributed by atoms with Gasteiger partial charge in [-0.25, -0.2) is 9.97 Å². The molecule has 7 heteroatoms. The quantitative estimate of drug-likeness (QED) is 0.859. The average Bonchev–Trinajstić information content (AvgIpc) is 2.64. The topological polar surface area (TPSA) is 78.4 Å². The fraction of sp³-hybridized carbons (Fsp3) is 0.333. The summed E-state index contributed by atoms with van der Waals surface area (Å²) in [5.41, 5.74) is 3.59. The van der Waals surface area contributed by atoms with E-state index in [1.54, 1.807) is 15.9 Å². The number of amides is 2. The molecule has 2 heterocycles. The van der Waals surface area contributed by atoms with Crippen molar-refractivity contribution >= 4 is 23.8 Å². The minimum absolute atomic E-state index is 0.142. The van der Waals surface area contributed by atoms with Crippen LogP contribution in [0.4, 0.5) is 11.5 Å². The molecule has 1 aromatic heterocycles. The molecule has 2 aromatic rings. The Hall–Kier alpha value is -2.96. The number of hydrogen-bond donors (Lipinski definition) is 1. The zero-order chi connectivity index (χ0) is 17.8. The lowest BCUT2D eigenvalue weighted by Gasteiger charge is -2.32. The Labute approximate surface area is 146 Å². The third-order valence-corrected chi connectivity index (χ3v) is 4.28. The highest BCUT2D eigenvalue weighted by molar-refractivity contribution is 5.93. The number of benzene rings is 1. The fourth-order valence-electron chi connectivity index (χ4n) is 2.83. The molecule has 0 aliphatic carbocycles. The van der Waals surface area contributed by atoms with Gasteiger partial charge < -0.3 is 15.1 Å². The van der Waals surface area contributed by atoms with Crippen LogP contribution in [0.1, 0.15) is 21.6 Å². The maximum atomic E-state index is 12.6. The predicted octanol–water partition coefficient (Wildman–Crippen LogP) is 1.75. The first-order valence-electron chi connectivity index (χ1n) is 8.22. The molecule has 0 radical (unpaired) electrons. The molecule has 0 bridgehead atoms. The molecule has 25 heavy (non-hydrogen) atoms. The second-order valence-electron chi connectivity index (χ2n) is 6.17. The first-order chi connectivity index (χ1) is 12.1. The third kappa shape index (κ3) is 3.93. The molecule has 3 rings (SSSR count). The molecule has 0 spiro atoms. The van der Waals surface area contributed by atoms with Crippen molar-refractivity contribution in [1.29, 1.82) is 0 Å². The number of carbonyl (C=O) groups is 2. The third-order valence-electron chi connectivity index (χ3n) is 4.28. The Kier molecular flexibility index (Phi) is 4.92. The van der Waals surface area contributed by atoms with Gasteiger partial charge in [-0.2, -0.15) is 0 Å². The summed E-state index contributed by atoms with van der Waals surface area (Å²) in [6.45, 7) is 6.20. The summed E-state index contributed by atoms with van der Waals surface area (Å²) in [5, 5.41) is 3.24. The fourth-order valence-corrected chi connectivity index (χ4v) is 2.83. The van der Waals surface area contributed by atoms with Crippen LogP contribution in [-0.4, -0.2) is 58.3 Å². The molecule has 1 fully saturated rings. The summed E-state index contributed by atoms with van der Waals surface area (Å²) in [4.78, 5) is 35.1. The molecule has 1 N–H and O–H groups in total. The zero-order valence-electron chi connectivity index (χ0n) is 14.4. The number of carbonyl (C=O) groups excluding carboxylic acids is 2. The van der Waals surface area contributed by atoms with Gasteiger partial charge in [0.15, 0.2) is 0 Å². The molecule has 1 aliphatic heterocycles. The number of aryl methyl sites for hydroxylation is 2. The average molecular weight is 339 g/mol. The minimum Gasteiger partial charge on any atom is -0.342 e. The molecule has 0 unspecified atom stereocenters. The van der Waals surface area contributed by atoms with Crippen LogP contribution in [0.15, 0.2) is 30.6 Å². The number of nitrogens with zero attached hydrogens (tertiary/aromatic N) is 4. The maximum Gasteiger partial charge on any atom is 0.272 e. The van der Waals surface area contributed by atoms with Gasteiger partial charge in [-0.1, -0.05) is 17.7 Å². The van der Waals surface area contributed by atoms with Gasteiger partial charge in [-0.15, -0.1) is 0 Å². The van der Waals surface area contributed by atoms with Crippen LogP contribution in [-0.2, 0) is 4.79 Å². The number of nitrogens with one attached hydrogen (secondary N) is 1. The van der Waals surface area contributed by atoms with Gasteiger partial charge in [-0.3, -0.25) is 9.59 Å². The molecule has 0 saturated carbocycles. The van der Waals surface area contributed by atoms with E-state index in [9.17, 15) is 9.59 Å². The summed E-state index contributed by atoms with van der Waals surface area (Å²) < 4.78 is 0. The molecule has 7 nitrogen and oxygen atoms in total. The summed E-state index contributed by atoms with van der Waals surface area (Å²) in [7, 11) is 0. The van der Waals surface area contributed by atoms with Crippen LogP contribution in [0, 0.1) is 13.8 Å². The smallest absolute Gasteiger partial charge is 0.272 e. The second-order valence-corrected chi connectivity index (χ2v) is 6.17. The van der Waals surface area contributed by atoms with Crippen molar-refractivity contribution < 1.29 is 9.59 Å². The number of hydrogen-bond acceptors (Lipinski definition) is 5. The van der Waals surface area contributed by atoms with E-state index in [1.807, 2.05) is 26.0 Å². The second kappa shape index (κ2) is 7.29. The van der Waals surface area contributed by atoms with Crippen LogP contribution >= 0.6 is 0 Å². The van der Waals surface area contributed by atoms with Gasteiger partial charge >= 0.3 is 0 Å². The van der Waals surface area contributed by atoms with E-state index in [1.165, 1.54) is 11.9 Å². The minimum atomic E-state index is -0.142. The lowest BCUT2D eigenvalue weighted by atomic mass is 10.1. The first kappa shape index (κ1) is 16.9. The van der Waals surface area contributed by atoms with Gasteiger partial charge in [0.05, 0.1) is 0 Å². The number of piperazine rings is 1. The molecule has 130 valence electrons. The largest absolute Gasteiger partial charge is 0.342 e. The maximum absolute atomic E-state index is 12.6. The highest BCUT2D eigenvalue weighted by atomic mass is 16.2. The highest BCUT2D eigenvalue weighted by Crippen LogP contribution is 2.20. The van der Waals surface area contributed by atoms with E-state index in [0.717, 1.165) is 17.7 Å². The van der Waals surface area contributed by atoms with E-state index >= 15 is 0 Å². The Morgan fingerprint density at radius 1 is 1.12 bits per heavy atom. The van der Waals surface area contributed by atoms with Crippen LogP contribution in [0.2, 0.25) is 0 Å². The van der Waals surface area contributed by atoms with E-state index in [-0.39, 0.29) is 5.91 Å². The Balaban J connectivity index is 1.73. The number of anilines is 2. The van der Waals surface area contributed by atoms with Gasteiger partial charge in [0, 0.05) is 37.9 Å². The van der Waals surface area contributed by atoms with Crippen LogP contribution in [0.5, 0.6) is 0 Å². The molecular weight excluding hydrogens is 318 g/mol. The van der Waals surface area contributed by atoms with Crippen LogP contribution < -0.4 is 5.32 Å². The normalized spacial score (nSPS) is 14.3. The standard InChI is InChI=1S/C18H21N5O2/c1-13-3-4-15(14(2)9-13)21-17-10-16(19-11-20-17)18(25)23-7-5-22(12-24)6-8-23/h3-4,9-12H,5-8H2,1-2H3,(H,19,20,21).